The SMILES string of the molecule is COc1cccc(Oc2ccc(NC(=O)N3CCC(=O)NC[C@H]3C)cn2)c1. The minimum absolute atomic E-state index is 0.0436. The fourth-order valence-electron chi connectivity index (χ4n) is 2.70. The first-order chi connectivity index (χ1) is 13.0. The standard InChI is InChI=1S/C19H22N4O4/c1-13-11-20-17(24)8-9-23(13)19(25)22-14-6-7-18(21-12-14)27-16-5-3-4-15(10-16)26-2/h3-7,10,12-13H,8-9,11H2,1-2H3,(H,20,24)(H,22,25)/t13-/m1/s1. The molecule has 0 spiro atoms. The minimum Gasteiger partial charge on any atom is -0.497 e. The van der Waals surface area contributed by atoms with Gasteiger partial charge in [0.15, 0.2) is 0 Å². The molecule has 3 rings (SSSR count). The van der Waals surface area contributed by atoms with E-state index in [1.807, 2.05) is 19.1 Å². The zero-order chi connectivity index (χ0) is 19.2. The summed E-state index contributed by atoms with van der Waals surface area (Å²) in [7, 11) is 1.59. The van der Waals surface area contributed by atoms with Crippen molar-refractivity contribution >= 4 is 17.6 Å². The number of carbonyl (C=O) groups is 2. The molecular formula is C19H22N4O4. The Bertz CT molecular complexity index is 810. The molecule has 1 saturated heterocycles. The van der Waals surface area contributed by atoms with Crippen molar-refractivity contribution in [3.63, 3.8) is 0 Å². The van der Waals surface area contributed by atoms with E-state index in [1.165, 1.54) is 6.20 Å². The molecule has 8 heteroatoms. The number of pyridine rings is 1. The number of methoxy groups -OCH3 is 1. The molecule has 8 nitrogen and oxygen atoms in total. The van der Waals surface area contributed by atoms with Gasteiger partial charge in [0.2, 0.25) is 11.8 Å². The summed E-state index contributed by atoms with van der Waals surface area (Å²) in [6, 6.07) is 10.3. The van der Waals surface area contributed by atoms with Gasteiger partial charge in [-0.15, -0.1) is 0 Å². The summed E-state index contributed by atoms with van der Waals surface area (Å²) < 4.78 is 10.8. The second-order valence-corrected chi connectivity index (χ2v) is 6.19. The van der Waals surface area contributed by atoms with Crippen LogP contribution in [0.3, 0.4) is 0 Å². The fraction of sp³-hybridized carbons (Fsp3) is 0.316. The number of amides is 3. The molecule has 0 aliphatic carbocycles. The third-order valence-electron chi connectivity index (χ3n) is 4.22. The van der Waals surface area contributed by atoms with Gasteiger partial charge in [-0.1, -0.05) is 6.07 Å². The summed E-state index contributed by atoms with van der Waals surface area (Å²) in [4.78, 5) is 29.8. The van der Waals surface area contributed by atoms with Gasteiger partial charge in [-0.05, 0) is 25.1 Å². The quantitative estimate of drug-likeness (QED) is 0.863. The number of carbonyl (C=O) groups excluding carboxylic acids is 2. The fourth-order valence-corrected chi connectivity index (χ4v) is 2.70. The van der Waals surface area contributed by atoms with Crippen LogP contribution in [-0.4, -0.2) is 48.1 Å². The van der Waals surface area contributed by atoms with E-state index in [4.69, 9.17) is 9.47 Å². The number of rotatable bonds is 4. The van der Waals surface area contributed by atoms with E-state index < -0.39 is 0 Å². The van der Waals surface area contributed by atoms with Crippen LogP contribution in [0.2, 0.25) is 0 Å². The van der Waals surface area contributed by atoms with Crippen LogP contribution in [-0.2, 0) is 4.79 Å². The Balaban J connectivity index is 1.61. The van der Waals surface area contributed by atoms with Crippen molar-refractivity contribution in [2.45, 2.75) is 19.4 Å². The maximum Gasteiger partial charge on any atom is 0.322 e. The molecule has 0 unspecified atom stereocenters. The van der Waals surface area contributed by atoms with Gasteiger partial charge in [0.05, 0.1) is 19.0 Å². The van der Waals surface area contributed by atoms with Crippen molar-refractivity contribution in [3.05, 3.63) is 42.6 Å². The average molecular weight is 370 g/mol. The van der Waals surface area contributed by atoms with Gasteiger partial charge in [-0.2, -0.15) is 0 Å². The maximum atomic E-state index is 12.5. The number of urea groups is 1. The van der Waals surface area contributed by atoms with E-state index in [0.717, 1.165) is 0 Å². The first kappa shape index (κ1) is 18.5. The molecule has 27 heavy (non-hydrogen) atoms. The van der Waals surface area contributed by atoms with Crippen molar-refractivity contribution < 1.29 is 19.1 Å². The summed E-state index contributed by atoms with van der Waals surface area (Å²) in [5, 5.41) is 5.59. The van der Waals surface area contributed by atoms with Crippen LogP contribution >= 0.6 is 0 Å². The zero-order valence-corrected chi connectivity index (χ0v) is 15.3. The lowest BCUT2D eigenvalue weighted by Crippen LogP contribution is -2.44. The predicted molar refractivity (Wildman–Crippen MR) is 100 cm³/mol. The monoisotopic (exact) mass is 370 g/mol. The van der Waals surface area contributed by atoms with E-state index in [9.17, 15) is 9.59 Å². The van der Waals surface area contributed by atoms with Gasteiger partial charge in [-0.25, -0.2) is 9.78 Å². The van der Waals surface area contributed by atoms with Gasteiger partial charge in [0.25, 0.3) is 0 Å². The second-order valence-electron chi connectivity index (χ2n) is 6.19. The zero-order valence-electron chi connectivity index (χ0n) is 15.3. The molecule has 1 atom stereocenters. The van der Waals surface area contributed by atoms with Gasteiger partial charge in [-0.3, -0.25) is 4.79 Å². The highest BCUT2D eigenvalue weighted by atomic mass is 16.5. The average Bonchev–Trinajstić information content (AvgIpc) is 2.84. The number of nitrogens with zero attached hydrogens (tertiary/aromatic N) is 2. The molecule has 2 N–H and O–H groups in total. The van der Waals surface area contributed by atoms with Crippen molar-refractivity contribution in [2.24, 2.45) is 0 Å². The van der Waals surface area contributed by atoms with Crippen LogP contribution in [0.1, 0.15) is 13.3 Å². The van der Waals surface area contributed by atoms with E-state index in [1.54, 1.807) is 36.3 Å². The largest absolute Gasteiger partial charge is 0.497 e. The van der Waals surface area contributed by atoms with Crippen LogP contribution in [0.4, 0.5) is 10.5 Å². The van der Waals surface area contributed by atoms with Crippen molar-refractivity contribution in [3.8, 4) is 17.4 Å². The van der Waals surface area contributed by atoms with E-state index >= 15 is 0 Å². The maximum absolute atomic E-state index is 12.5. The van der Waals surface area contributed by atoms with Gasteiger partial charge in [0.1, 0.15) is 11.5 Å². The summed E-state index contributed by atoms with van der Waals surface area (Å²) in [6.45, 7) is 2.72. The Morgan fingerprint density at radius 2 is 2.11 bits per heavy atom. The molecule has 0 saturated carbocycles. The van der Waals surface area contributed by atoms with E-state index in [2.05, 4.69) is 15.6 Å². The van der Waals surface area contributed by atoms with Gasteiger partial charge < -0.3 is 25.0 Å². The first-order valence-corrected chi connectivity index (χ1v) is 8.67. The van der Waals surface area contributed by atoms with Crippen molar-refractivity contribution in [1.29, 1.82) is 0 Å². The number of aromatic nitrogens is 1. The Morgan fingerprint density at radius 3 is 2.85 bits per heavy atom. The third kappa shape index (κ3) is 4.87. The number of nitrogens with one attached hydrogen (secondary N) is 2. The number of hydrogen-bond acceptors (Lipinski definition) is 5. The van der Waals surface area contributed by atoms with Gasteiger partial charge >= 0.3 is 6.03 Å². The normalized spacial score (nSPS) is 16.9. The molecule has 1 fully saturated rings. The number of anilines is 1. The molecule has 142 valence electrons. The van der Waals surface area contributed by atoms with Crippen molar-refractivity contribution in [2.75, 3.05) is 25.5 Å². The van der Waals surface area contributed by atoms with E-state index in [0.29, 0.717) is 42.6 Å². The lowest BCUT2D eigenvalue weighted by atomic mass is 10.3. The summed E-state index contributed by atoms with van der Waals surface area (Å²) in [6.07, 6.45) is 1.82. The smallest absolute Gasteiger partial charge is 0.322 e. The predicted octanol–water partition coefficient (Wildman–Crippen LogP) is 2.62. The van der Waals surface area contributed by atoms with Crippen LogP contribution in [0.15, 0.2) is 42.6 Å². The highest BCUT2D eigenvalue weighted by Crippen LogP contribution is 2.24. The van der Waals surface area contributed by atoms with Crippen LogP contribution in [0, 0.1) is 0 Å². The number of benzene rings is 1. The highest BCUT2D eigenvalue weighted by molar-refractivity contribution is 5.90. The first-order valence-electron chi connectivity index (χ1n) is 8.67. The molecular weight excluding hydrogens is 348 g/mol. The Labute approximate surface area is 157 Å². The number of hydrogen-bond donors (Lipinski definition) is 2. The Kier molecular flexibility index (Phi) is 5.75. The van der Waals surface area contributed by atoms with Crippen LogP contribution < -0.4 is 20.1 Å². The molecule has 0 bridgehead atoms. The molecule has 1 aliphatic heterocycles. The molecule has 2 heterocycles. The molecule has 1 aromatic heterocycles. The van der Waals surface area contributed by atoms with E-state index in [-0.39, 0.29) is 18.0 Å². The number of ether oxygens (including phenoxy) is 2. The van der Waals surface area contributed by atoms with Crippen LogP contribution in [0.25, 0.3) is 0 Å². The van der Waals surface area contributed by atoms with Crippen LogP contribution in [0.5, 0.6) is 17.4 Å². The molecule has 3 amide bonds. The summed E-state index contributed by atoms with van der Waals surface area (Å²) >= 11 is 0. The molecule has 2 aromatic rings. The molecule has 0 radical (unpaired) electrons. The second kappa shape index (κ2) is 8.39. The lowest BCUT2D eigenvalue weighted by molar-refractivity contribution is -0.120. The molecule has 1 aliphatic rings. The van der Waals surface area contributed by atoms with Crippen molar-refractivity contribution in [1.82, 2.24) is 15.2 Å². The van der Waals surface area contributed by atoms with Gasteiger partial charge in [0, 0.05) is 37.7 Å². The summed E-state index contributed by atoms with van der Waals surface area (Å²) in [5.74, 6) is 1.65. The highest BCUT2D eigenvalue weighted by Gasteiger charge is 2.24. The lowest BCUT2D eigenvalue weighted by Gasteiger charge is -2.26. The molecule has 1 aromatic carbocycles. The topological polar surface area (TPSA) is 92.8 Å². The third-order valence-corrected chi connectivity index (χ3v) is 4.22. The Morgan fingerprint density at radius 1 is 1.30 bits per heavy atom. The summed E-state index contributed by atoms with van der Waals surface area (Å²) in [5.41, 5.74) is 0.550. The Hall–Kier alpha value is -3.29. The minimum atomic E-state index is -0.262.